The van der Waals surface area contributed by atoms with Crippen molar-refractivity contribution in [3.63, 3.8) is 0 Å². The number of hydrogen-bond donors (Lipinski definition) is 1. The fourth-order valence-electron chi connectivity index (χ4n) is 2.65. The van der Waals surface area contributed by atoms with E-state index < -0.39 is 10.0 Å². The van der Waals surface area contributed by atoms with Gasteiger partial charge in [-0.1, -0.05) is 0 Å². The average Bonchev–Trinajstić information content (AvgIpc) is 3.01. The van der Waals surface area contributed by atoms with Gasteiger partial charge in [-0.05, 0) is 48.7 Å². The quantitative estimate of drug-likeness (QED) is 0.928. The van der Waals surface area contributed by atoms with Crippen LogP contribution in [-0.2, 0) is 27.8 Å². The van der Waals surface area contributed by atoms with Crippen molar-refractivity contribution in [1.29, 1.82) is 0 Å². The van der Waals surface area contributed by atoms with Crippen molar-refractivity contribution in [3.05, 3.63) is 47.9 Å². The van der Waals surface area contributed by atoms with Gasteiger partial charge in [-0.25, -0.2) is 13.1 Å². The fraction of sp³-hybridized carbons (Fsp3) is 0.312. The maximum atomic E-state index is 12.4. The van der Waals surface area contributed by atoms with Gasteiger partial charge in [0.05, 0.1) is 17.7 Å². The van der Waals surface area contributed by atoms with Crippen molar-refractivity contribution >= 4 is 21.6 Å². The van der Waals surface area contributed by atoms with Crippen LogP contribution in [0.15, 0.2) is 45.9 Å². The van der Waals surface area contributed by atoms with Gasteiger partial charge in [0.15, 0.2) is 0 Å². The van der Waals surface area contributed by atoms with Gasteiger partial charge in [0, 0.05) is 19.2 Å². The van der Waals surface area contributed by atoms with E-state index in [9.17, 15) is 13.2 Å². The Hall–Kier alpha value is -2.12. The van der Waals surface area contributed by atoms with E-state index in [1.54, 1.807) is 36.2 Å². The molecular weight excluding hydrogens is 316 g/mol. The van der Waals surface area contributed by atoms with E-state index in [4.69, 9.17) is 4.42 Å². The first kappa shape index (κ1) is 15.8. The highest BCUT2D eigenvalue weighted by Gasteiger charge is 2.22. The summed E-state index contributed by atoms with van der Waals surface area (Å²) >= 11 is 0. The van der Waals surface area contributed by atoms with Gasteiger partial charge >= 0.3 is 0 Å². The van der Waals surface area contributed by atoms with Crippen molar-refractivity contribution in [1.82, 2.24) is 4.72 Å². The van der Waals surface area contributed by atoms with Crippen molar-refractivity contribution in [3.8, 4) is 0 Å². The van der Waals surface area contributed by atoms with Crippen LogP contribution in [0.1, 0.15) is 24.2 Å². The third-order valence-electron chi connectivity index (χ3n) is 3.95. The molecule has 0 saturated carbocycles. The molecule has 0 bridgehead atoms. The fourth-order valence-corrected chi connectivity index (χ4v) is 3.69. The first-order valence-corrected chi connectivity index (χ1v) is 8.87. The number of carbonyl (C=O) groups excluding carboxylic acids is 1. The van der Waals surface area contributed by atoms with Gasteiger partial charge in [0.1, 0.15) is 5.76 Å². The van der Waals surface area contributed by atoms with Crippen LogP contribution < -0.4 is 9.62 Å². The Morgan fingerprint density at radius 3 is 2.83 bits per heavy atom. The number of amides is 1. The van der Waals surface area contributed by atoms with Gasteiger partial charge in [-0.3, -0.25) is 4.79 Å². The number of sulfonamides is 1. The predicted molar refractivity (Wildman–Crippen MR) is 85.5 cm³/mol. The Labute approximate surface area is 135 Å². The lowest BCUT2D eigenvalue weighted by molar-refractivity contribution is -0.118. The molecule has 1 aromatic carbocycles. The number of hydrogen-bond acceptors (Lipinski definition) is 4. The molecule has 3 rings (SSSR count). The summed E-state index contributed by atoms with van der Waals surface area (Å²) in [6, 6.07) is 8.28. The normalized spacial score (nSPS) is 15.3. The number of nitrogens with zero attached hydrogens (tertiary/aromatic N) is 1. The molecule has 0 fully saturated rings. The number of rotatable bonds is 4. The van der Waals surface area contributed by atoms with Crippen LogP contribution in [0.3, 0.4) is 0 Å². The Bertz CT molecular complexity index is 813. The molecule has 1 aliphatic heterocycles. The number of aryl methyl sites for hydroxylation is 1. The Balaban J connectivity index is 1.85. The monoisotopic (exact) mass is 334 g/mol. The molecule has 23 heavy (non-hydrogen) atoms. The molecule has 122 valence electrons. The van der Waals surface area contributed by atoms with Crippen LogP contribution in [0.25, 0.3) is 0 Å². The number of benzene rings is 1. The maximum absolute atomic E-state index is 12.4. The second-order valence-electron chi connectivity index (χ2n) is 5.50. The largest absolute Gasteiger partial charge is 0.468 e. The van der Waals surface area contributed by atoms with Crippen LogP contribution in [0, 0.1) is 0 Å². The molecule has 7 heteroatoms. The van der Waals surface area contributed by atoms with Crippen LogP contribution in [0.2, 0.25) is 0 Å². The molecule has 0 atom stereocenters. The zero-order valence-electron chi connectivity index (χ0n) is 12.8. The molecule has 1 N–H and O–H groups in total. The van der Waals surface area contributed by atoms with Crippen molar-refractivity contribution < 1.29 is 17.6 Å². The summed E-state index contributed by atoms with van der Waals surface area (Å²) in [6.45, 7) is 0.102. The molecule has 0 spiro atoms. The highest BCUT2D eigenvalue weighted by Crippen LogP contribution is 2.28. The second-order valence-corrected chi connectivity index (χ2v) is 7.27. The molecule has 2 heterocycles. The molecule has 0 saturated heterocycles. The molecule has 6 nitrogen and oxygen atoms in total. The van der Waals surface area contributed by atoms with Crippen molar-refractivity contribution in [2.45, 2.75) is 30.7 Å². The molecular formula is C16H18N2O4S. The van der Waals surface area contributed by atoms with Crippen LogP contribution in [0.5, 0.6) is 0 Å². The molecule has 1 aliphatic rings. The van der Waals surface area contributed by atoms with Gasteiger partial charge in [0.2, 0.25) is 15.9 Å². The lowest BCUT2D eigenvalue weighted by Gasteiger charge is -2.18. The summed E-state index contributed by atoms with van der Waals surface area (Å²) in [7, 11) is -1.91. The lowest BCUT2D eigenvalue weighted by Crippen LogP contribution is -2.26. The second kappa shape index (κ2) is 6.17. The number of nitrogens with one attached hydrogen (secondary N) is 1. The number of fused-ring (bicyclic) bond motifs is 1. The molecule has 0 radical (unpaired) electrons. The topological polar surface area (TPSA) is 79.6 Å². The first-order chi connectivity index (χ1) is 11.0. The summed E-state index contributed by atoms with van der Waals surface area (Å²) in [6.07, 6.45) is 3.38. The van der Waals surface area contributed by atoms with Gasteiger partial charge in [-0.15, -0.1) is 0 Å². The minimum absolute atomic E-state index is 0.0512. The molecule has 0 unspecified atom stereocenters. The SMILES string of the molecule is CN1C(=O)CCCc2cc(S(=O)(=O)NCc3ccco3)ccc21. The van der Waals surface area contributed by atoms with E-state index in [-0.39, 0.29) is 17.3 Å². The Morgan fingerprint density at radius 2 is 2.09 bits per heavy atom. The minimum atomic E-state index is -3.63. The number of carbonyl (C=O) groups is 1. The highest BCUT2D eigenvalue weighted by molar-refractivity contribution is 7.89. The van der Waals surface area contributed by atoms with E-state index in [0.29, 0.717) is 18.6 Å². The molecule has 2 aromatic rings. The Morgan fingerprint density at radius 1 is 1.26 bits per heavy atom. The average molecular weight is 334 g/mol. The summed E-state index contributed by atoms with van der Waals surface area (Å²) in [5.41, 5.74) is 1.65. The summed E-state index contributed by atoms with van der Waals surface area (Å²) in [5.74, 6) is 0.601. The summed E-state index contributed by atoms with van der Waals surface area (Å²) in [4.78, 5) is 13.7. The smallest absolute Gasteiger partial charge is 0.240 e. The third kappa shape index (κ3) is 3.30. The zero-order chi connectivity index (χ0) is 16.4. The van der Waals surface area contributed by atoms with Gasteiger partial charge < -0.3 is 9.32 Å². The van der Waals surface area contributed by atoms with E-state index >= 15 is 0 Å². The minimum Gasteiger partial charge on any atom is -0.468 e. The van der Waals surface area contributed by atoms with Gasteiger partial charge in [0.25, 0.3) is 0 Å². The third-order valence-corrected chi connectivity index (χ3v) is 5.35. The zero-order valence-corrected chi connectivity index (χ0v) is 13.6. The highest BCUT2D eigenvalue weighted by atomic mass is 32.2. The van der Waals surface area contributed by atoms with Gasteiger partial charge in [-0.2, -0.15) is 0 Å². The Kier molecular flexibility index (Phi) is 4.23. The van der Waals surface area contributed by atoms with Crippen LogP contribution >= 0.6 is 0 Å². The standard InChI is InChI=1S/C16H18N2O4S/c1-18-15-8-7-14(10-12(15)4-2-6-16(18)19)23(20,21)17-11-13-5-3-9-22-13/h3,5,7-10,17H,2,4,6,11H2,1H3. The maximum Gasteiger partial charge on any atom is 0.240 e. The van der Waals surface area contributed by atoms with Crippen LogP contribution in [-0.4, -0.2) is 21.4 Å². The molecule has 1 amide bonds. The molecule has 1 aromatic heterocycles. The van der Waals surface area contributed by atoms with E-state index in [0.717, 1.165) is 17.7 Å². The first-order valence-electron chi connectivity index (χ1n) is 7.39. The molecule has 0 aliphatic carbocycles. The number of furan rings is 1. The van der Waals surface area contributed by atoms with Crippen LogP contribution in [0.4, 0.5) is 5.69 Å². The summed E-state index contributed by atoms with van der Waals surface area (Å²) in [5, 5.41) is 0. The van der Waals surface area contributed by atoms with E-state index in [1.807, 2.05) is 0 Å². The predicted octanol–water partition coefficient (Wildman–Crippen LogP) is 2.06. The van der Waals surface area contributed by atoms with Crippen molar-refractivity contribution in [2.75, 3.05) is 11.9 Å². The lowest BCUT2D eigenvalue weighted by atomic mass is 10.1. The van der Waals surface area contributed by atoms with E-state index in [1.165, 1.54) is 12.3 Å². The van der Waals surface area contributed by atoms with Crippen molar-refractivity contribution in [2.24, 2.45) is 0 Å². The van der Waals surface area contributed by atoms with E-state index in [2.05, 4.69) is 4.72 Å². The summed E-state index contributed by atoms with van der Waals surface area (Å²) < 4.78 is 32.5. The number of anilines is 1.